The summed E-state index contributed by atoms with van der Waals surface area (Å²) in [6.45, 7) is 4.55. The molecule has 4 N–H and O–H groups in total. The van der Waals surface area contributed by atoms with E-state index in [4.69, 9.17) is 11.5 Å². The third-order valence-electron chi connectivity index (χ3n) is 9.07. The summed E-state index contributed by atoms with van der Waals surface area (Å²) in [5.74, 6) is 0.899. The van der Waals surface area contributed by atoms with Crippen molar-refractivity contribution >= 4 is 11.4 Å². The lowest BCUT2D eigenvalue weighted by atomic mass is 9.86. The van der Waals surface area contributed by atoms with E-state index in [2.05, 4.69) is 86.6 Å². The first-order valence-corrected chi connectivity index (χ1v) is 17.0. The molecule has 0 heterocycles. The number of benzene rings is 4. The lowest BCUT2D eigenvalue weighted by Crippen LogP contribution is -2.02. The zero-order chi connectivity index (χ0) is 30.3. The largest absolute Gasteiger partial charge is 0.399 e. The van der Waals surface area contributed by atoms with Gasteiger partial charge >= 0.3 is 0 Å². The van der Waals surface area contributed by atoms with Crippen LogP contribution in [0.25, 0.3) is 0 Å². The Labute approximate surface area is 261 Å². The molecule has 0 fully saturated rings. The van der Waals surface area contributed by atoms with Gasteiger partial charge in [-0.05, 0) is 96.2 Å². The molecule has 0 aliphatic carbocycles. The highest BCUT2D eigenvalue weighted by atomic mass is 14.5. The molecule has 2 unspecified atom stereocenters. The van der Waals surface area contributed by atoms with E-state index in [9.17, 15) is 0 Å². The number of hydrogen-bond acceptors (Lipinski definition) is 2. The van der Waals surface area contributed by atoms with Crippen LogP contribution < -0.4 is 11.5 Å². The van der Waals surface area contributed by atoms with Crippen molar-refractivity contribution in [3.63, 3.8) is 0 Å². The van der Waals surface area contributed by atoms with Gasteiger partial charge in [0, 0.05) is 23.2 Å². The van der Waals surface area contributed by atoms with Crippen molar-refractivity contribution in [1.29, 1.82) is 0 Å². The number of hydrogen-bond donors (Lipinski definition) is 2. The fourth-order valence-corrected chi connectivity index (χ4v) is 6.37. The molecule has 0 aliphatic heterocycles. The second-order valence-electron chi connectivity index (χ2n) is 12.5. The van der Waals surface area contributed by atoms with Gasteiger partial charge in [-0.15, -0.1) is 0 Å². The van der Waals surface area contributed by atoms with Crippen molar-refractivity contribution in [2.75, 3.05) is 11.5 Å². The molecule has 4 rings (SSSR count). The average Bonchev–Trinajstić information content (AvgIpc) is 3.03. The van der Waals surface area contributed by atoms with Crippen LogP contribution in [-0.2, 0) is 12.8 Å². The minimum absolute atomic E-state index is 0.450. The molecule has 0 amide bonds. The van der Waals surface area contributed by atoms with Gasteiger partial charge in [0.1, 0.15) is 0 Å². The number of aryl methyl sites for hydroxylation is 2. The summed E-state index contributed by atoms with van der Waals surface area (Å²) < 4.78 is 0. The third kappa shape index (κ3) is 10.3. The summed E-state index contributed by atoms with van der Waals surface area (Å²) in [7, 11) is 0. The van der Waals surface area contributed by atoms with Gasteiger partial charge in [-0.1, -0.05) is 132 Å². The molecule has 0 saturated heterocycles. The summed E-state index contributed by atoms with van der Waals surface area (Å²) in [5.41, 5.74) is 22.1. The van der Waals surface area contributed by atoms with E-state index in [0.717, 1.165) is 24.2 Å². The first-order chi connectivity index (χ1) is 21.1. The van der Waals surface area contributed by atoms with E-state index < -0.39 is 0 Å². The van der Waals surface area contributed by atoms with Crippen molar-refractivity contribution in [3.05, 3.63) is 130 Å². The number of anilines is 2. The highest BCUT2D eigenvalue weighted by Crippen LogP contribution is 2.32. The van der Waals surface area contributed by atoms with Crippen LogP contribution in [0.15, 0.2) is 97.1 Å². The lowest BCUT2D eigenvalue weighted by Gasteiger charge is -2.19. The minimum Gasteiger partial charge on any atom is -0.399 e. The summed E-state index contributed by atoms with van der Waals surface area (Å²) in [6.07, 6.45) is 16.1. The Balaban J connectivity index is 1.25. The van der Waals surface area contributed by atoms with E-state index in [-0.39, 0.29) is 0 Å². The first-order valence-electron chi connectivity index (χ1n) is 17.0. The molecule has 0 aliphatic rings. The first kappa shape index (κ1) is 32.4. The van der Waals surface area contributed by atoms with Gasteiger partial charge in [0.15, 0.2) is 0 Å². The van der Waals surface area contributed by atoms with E-state index in [1.54, 1.807) is 0 Å². The molecule has 0 bridgehead atoms. The van der Waals surface area contributed by atoms with Crippen LogP contribution in [-0.4, -0.2) is 0 Å². The Morgan fingerprint density at radius 3 is 1.05 bits per heavy atom. The topological polar surface area (TPSA) is 52.0 Å². The van der Waals surface area contributed by atoms with Crippen LogP contribution in [0.4, 0.5) is 11.4 Å². The second-order valence-corrected chi connectivity index (χ2v) is 12.5. The highest BCUT2D eigenvalue weighted by molar-refractivity contribution is 5.44. The molecule has 228 valence electrons. The summed E-state index contributed by atoms with van der Waals surface area (Å²) in [6, 6.07) is 35.9. The zero-order valence-electron chi connectivity index (χ0n) is 26.7. The maximum absolute atomic E-state index is 5.96. The maximum atomic E-state index is 5.96. The van der Waals surface area contributed by atoms with Gasteiger partial charge < -0.3 is 11.5 Å². The lowest BCUT2D eigenvalue weighted by molar-refractivity contribution is 0.618. The predicted octanol–water partition coefficient (Wildman–Crippen LogP) is 11.2. The summed E-state index contributed by atoms with van der Waals surface area (Å²) in [5, 5.41) is 0. The Morgan fingerprint density at radius 1 is 0.395 bits per heavy atom. The van der Waals surface area contributed by atoms with Gasteiger partial charge in [-0.25, -0.2) is 0 Å². The zero-order valence-corrected chi connectivity index (χ0v) is 26.7. The monoisotopic (exact) mass is 574 g/mol. The fraction of sp³-hybridized carbons (Fsp3) is 0.415. The Bertz CT molecular complexity index is 1200. The molecule has 2 atom stereocenters. The third-order valence-corrected chi connectivity index (χ3v) is 9.07. The molecule has 0 spiro atoms. The van der Waals surface area contributed by atoms with E-state index >= 15 is 0 Å². The number of rotatable bonds is 18. The molecule has 0 radical (unpaired) electrons. The van der Waals surface area contributed by atoms with Crippen LogP contribution in [0.1, 0.15) is 130 Å². The predicted molar refractivity (Wildman–Crippen MR) is 188 cm³/mol. The van der Waals surface area contributed by atoms with Gasteiger partial charge in [-0.3, -0.25) is 0 Å². The van der Waals surface area contributed by atoms with Gasteiger partial charge in [-0.2, -0.15) is 0 Å². The van der Waals surface area contributed by atoms with Crippen LogP contribution in [0, 0.1) is 0 Å². The number of unbranched alkanes of at least 4 members (excludes halogenated alkanes) is 6. The SMILES string of the molecule is CCCCCC(c1ccc(N)cc1)c1ccc(CCCCCc2ccc(C(CCCCC)c3ccc(N)cc3)cc2)cc1. The van der Waals surface area contributed by atoms with Gasteiger partial charge in [0.25, 0.3) is 0 Å². The normalized spacial score (nSPS) is 12.7. The van der Waals surface area contributed by atoms with Crippen molar-refractivity contribution < 1.29 is 0 Å². The van der Waals surface area contributed by atoms with Crippen molar-refractivity contribution in [2.24, 2.45) is 0 Å². The Kier molecular flexibility index (Phi) is 13.2. The fourth-order valence-electron chi connectivity index (χ4n) is 6.37. The molecular weight excluding hydrogens is 520 g/mol. The van der Waals surface area contributed by atoms with Gasteiger partial charge in [0.2, 0.25) is 0 Å². The minimum atomic E-state index is 0.450. The molecule has 4 aromatic carbocycles. The van der Waals surface area contributed by atoms with E-state index in [1.807, 2.05) is 24.3 Å². The smallest absolute Gasteiger partial charge is 0.0314 e. The quantitative estimate of drug-likeness (QED) is 0.0917. The molecule has 0 saturated carbocycles. The number of nitrogen functional groups attached to an aromatic ring is 2. The molecular formula is C41H54N2. The summed E-state index contributed by atoms with van der Waals surface area (Å²) in [4.78, 5) is 0. The Hall–Kier alpha value is -3.52. The summed E-state index contributed by atoms with van der Waals surface area (Å²) >= 11 is 0. The second kappa shape index (κ2) is 17.6. The van der Waals surface area contributed by atoms with Crippen LogP contribution in [0.5, 0.6) is 0 Å². The maximum Gasteiger partial charge on any atom is 0.0314 e. The van der Waals surface area contributed by atoms with Crippen molar-refractivity contribution in [2.45, 2.75) is 109 Å². The van der Waals surface area contributed by atoms with Crippen LogP contribution >= 0.6 is 0 Å². The molecule has 0 aromatic heterocycles. The average molecular weight is 575 g/mol. The molecule has 2 nitrogen and oxygen atoms in total. The van der Waals surface area contributed by atoms with E-state index in [0.29, 0.717) is 11.8 Å². The van der Waals surface area contributed by atoms with Crippen LogP contribution in [0.3, 0.4) is 0 Å². The highest BCUT2D eigenvalue weighted by Gasteiger charge is 2.15. The van der Waals surface area contributed by atoms with E-state index in [1.165, 1.54) is 104 Å². The standard InChI is InChI=1S/C41H54N2/c1-3-5-8-14-40(36-24-28-38(42)29-25-36)34-20-16-32(17-21-34)12-10-7-11-13-33-18-22-35(23-19-33)41(15-9-6-4-2)37-26-30-39(43)31-27-37/h16-31,40-41H,3-15,42-43H2,1-2H3. The van der Waals surface area contributed by atoms with Crippen molar-refractivity contribution in [1.82, 2.24) is 0 Å². The number of nitrogens with two attached hydrogens (primary N) is 2. The molecule has 4 aromatic rings. The van der Waals surface area contributed by atoms with Gasteiger partial charge in [0.05, 0.1) is 0 Å². The van der Waals surface area contributed by atoms with Crippen molar-refractivity contribution in [3.8, 4) is 0 Å². The Morgan fingerprint density at radius 2 is 0.721 bits per heavy atom. The molecule has 43 heavy (non-hydrogen) atoms. The van der Waals surface area contributed by atoms with Crippen LogP contribution in [0.2, 0.25) is 0 Å². The molecule has 2 heteroatoms.